The van der Waals surface area contributed by atoms with Crippen molar-refractivity contribution < 1.29 is 14.7 Å². The molecule has 0 saturated carbocycles. The fourth-order valence-electron chi connectivity index (χ4n) is 2.21. The highest BCUT2D eigenvalue weighted by Crippen LogP contribution is 2.22. The number of benzene rings is 1. The predicted octanol–water partition coefficient (Wildman–Crippen LogP) is 1.19. The average Bonchev–Trinajstić information content (AvgIpc) is 2.84. The normalized spacial score (nSPS) is 19.9. The van der Waals surface area contributed by atoms with Gasteiger partial charge >= 0.3 is 0 Å². The Kier molecular flexibility index (Phi) is 3.74. The third-order valence-electron chi connectivity index (χ3n) is 3.60. The van der Waals surface area contributed by atoms with Gasteiger partial charge in [-0.2, -0.15) is 0 Å². The number of carbonyl (C=O) groups excluding carboxylic acids is 2. The molecule has 19 heavy (non-hydrogen) atoms. The Morgan fingerprint density at radius 2 is 2.05 bits per heavy atom. The molecular formula is C14H18N2O3. The van der Waals surface area contributed by atoms with E-state index in [1.54, 1.807) is 36.2 Å². The molecule has 0 bridgehead atoms. The van der Waals surface area contributed by atoms with Gasteiger partial charge in [0.25, 0.3) is 0 Å². The van der Waals surface area contributed by atoms with Crippen LogP contribution in [0.1, 0.15) is 31.4 Å². The van der Waals surface area contributed by atoms with Gasteiger partial charge in [0.05, 0.1) is 6.04 Å². The molecule has 102 valence electrons. The molecule has 1 unspecified atom stereocenters. The highest BCUT2D eigenvalue weighted by atomic mass is 16.3. The van der Waals surface area contributed by atoms with Crippen molar-refractivity contribution in [2.24, 2.45) is 0 Å². The zero-order valence-corrected chi connectivity index (χ0v) is 11.1. The first-order valence-electron chi connectivity index (χ1n) is 6.34. The lowest BCUT2D eigenvalue weighted by atomic mass is 10.1. The van der Waals surface area contributed by atoms with Crippen LogP contribution < -0.4 is 5.32 Å². The van der Waals surface area contributed by atoms with Crippen LogP contribution in [0.2, 0.25) is 0 Å². The Hall–Kier alpha value is -2.04. The molecule has 5 heteroatoms. The zero-order chi connectivity index (χ0) is 14.0. The van der Waals surface area contributed by atoms with Gasteiger partial charge < -0.3 is 15.3 Å². The standard InChI is InChI=1S/C14H18N2O3/c1-9(10-3-5-11(17)6-4-10)16(2)14(19)12-7-8-13(18)15-12/h3-6,9,12,17H,7-8H2,1-2H3,(H,15,18)/t9?,12-/m0/s1. The van der Waals surface area contributed by atoms with Crippen molar-refractivity contribution in [1.29, 1.82) is 0 Å². The van der Waals surface area contributed by atoms with E-state index in [4.69, 9.17) is 0 Å². The van der Waals surface area contributed by atoms with Crippen LogP contribution in [-0.4, -0.2) is 34.9 Å². The molecule has 2 atom stereocenters. The van der Waals surface area contributed by atoms with Crippen molar-refractivity contribution in [2.45, 2.75) is 31.8 Å². The molecule has 1 fully saturated rings. The summed E-state index contributed by atoms with van der Waals surface area (Å²) in [4.78, 5) is 25.0. The minimum atomic E-state index is -0.405. The summed E-state index contributed by atoms with van der Waals surface area (Å²) in [5.74, 6) is 0.0587. The molecule has 1 aromatic rings. The van der Waals surface area contributed by atoms with Crippen LogP contribution in [0, 0.1) is 0 Å². The number of phenols is 1. The summed E-state index contributed by atoms with van der Waals surface area (Å²) in [6.45, 7) is 1.92. The van der Waals surface area contributed by atoms with Crippen LogP contribution in [0.4, 0.5) is 0 Å². The van der Waals surface area contributed by atoms with Crippen molar-refractivity contribution in [3.63, 3.8) is 0 Å². The number of aromatic hydroxyl groups is 1. The molecule has 0 radical (unpaired) electrons. The van der Waals surface area contributed by atoms with Crippen molar-refractivity contribution in [3.8, 4) is 5.75 Å². The minimum Gasteiger partial charge on any atom is -0.508 e. The van der Waals surface area contributed by atoms with E-state index in [1.165, 1.54) is 0 Å². The van der Waals surface area contributed by atoms with Gasteiger partial charge in [-0.15, -0.1) is 0 Å². The van der Waals surface area contributed by atoms with E-state index in [9.17, 15) is 14.7 Å². The summed E-state index contributed by atoms with van der Waals surface area (Å²) in [6.07, 6.45) is 0.974. The zero-order valence-electron chi connectivity index (χ0n) is 11.1. The number of carbonyl (C=O) groups is 2. The van der Waals surface area contributed by atoms with E-state index in [2.05, 4.69) is 5.32 Å². The number of rotatable bonds is 3. The maximum atomic E-state index is 12.2. The number of phenolic OH excluding ortho intramolecular Hbond substituents is 1. The lowest BCUT2D eigenvalue weighted by Crippen LogP contribution is -2.43. The van der Waals surface area contributed by atoms with E-state index < -0.39 is 6.04 Å². The van der Waals surface area contributed by atoms with E-state index >= 15 is 0 Å². The molecule has 5 nitrogen and oxygen atoms in total. The third-order valence-corrected chi connectivity index (χ3v) is 3.60. The fraction of sp³-hybridized carbons (Fsp3) is 0.429. The summed E-state index contributed by atoms with van der Waals surface area (Å²) in [5, 5.41) is 11.9. The largest absolute Gasteiger partial charge is 0.508 e. The second kappa shape index (κ2) is 5.30. The lowest BCUT2D eigenvalue weighted by molar-refractivity contribution is -0.134. The van der Waals surface area contributed by atoms with Gasteiger partial charge in [0.15, 0.2) is 0 Å². The first-order chi connectivity index (χ1) is 8.99. The fourth-order valence-corrected chi connectivity index (χ4v) is 2.21. The van der Waals surface area contributed by atoms with E-state index in [0.717, 1.165) is 5.56 Å². The Bertz CT molecular complexity index is 484. The smallest absolute Gasteiger partial charge is 0.245 e. The molecule has 1 saturated heterocycles. The van der Waals surface area contributed by atoms with Crippen LogP contribution >= 0.6 is 0 Å². The summed E-state index contributed by atoms with van der Waals surface area (Å²) in [7, 11) is 1.73. The number of nitrogens with one attached hydrogen (secondary N) is 1. The van der Waals surface area contributed by atoms with Gasteiger partial charge in [-0.05, 0) is 31.0 Å². The number of hydrogen-bond acceptors (Lipinski definition) is 3. The average molecular weight is 262 g/mol. The second-order valence-electron chi connectivity index (χ2n) is 4.88. The van der Waals surface area contributed by atoms with Crippen molar-refractivity contribution >= 4 is 11.8 Å². The van der Waals surface area contributed by atoms with Crippen LogP contribution in [0.5, 0.6) is 5.75 Å². The van der Waals surface area contributed by atoms with Crippen molar-refractivity contribution in [1.82, 2.24) is 10.2 Å². The molecule has 0 aliphatic carbocycles. The molecule has 1 aromatic carbocycles. The Morgan fingerprint density at radius 1 is 1.42 bits per heavy atom. The molecule has 2 amide bonds. The van der Waals surface area contributed by atoms with Crippen molar-refractivity contribution in [2.75, 3.05) is 7.05 Å². The van der Waals surface area contributed by atoms with Gasteiger partial charge in [-0.3, -0.25) is 9.59 Å². The number of nitrogens with zero attached hydrogens (tertiary/aromatic N) is 1. The van der Waals surface area contributed by atoms with Crippen molar-refractivity contribution in [3.05, 3.63) is 29.8 Å². The topological polar surface area (TPSA) is 69.6 Å². The molecule has 2 rings (SSSR count). The number of likely N-dealkylation sites (N-methyl/N-ethyl adjacent to an activating group) is 1. The van der Waals surface area contributed by atoms with E-state index in [-0.39, 0.29) is 23.6 Å². The van der Waals surface area contributed by atoms with Gasteiger partial charge in [0.2, 0.25) is 11.8 Å². The summed E-state index contributed by atoms with van der Waals surface area (Å²) in [6, 6.07) is 6.26. The summed E-state index contributed by atoms with van der Waals surface area (Å²) >= 11 is 0. The SMILES string of the molecule is CC(c1ccc(O)cc1)N(C)C(=O)[C@@H]1CCC(=O)N1. The van der Waals surface area contributed by atoms with Crippen LogP contribution in [-0.2, 0) is 9.59 Å². The van der Waals surface area contributed by atoms with E-state index in [0.29, 0.717) is 12.8 Å². The molecule has 2 N–H and O–H groups in total. The van der Waals surface area contributed by atoms with Crippen LogP contribution in [0.25, 0.3) is 0 Å². The maximum absolute atomic E-state index is 12.2. The molecular weight excluding hydrogens is 244 g/mol. The highest BCUT2D eigenvalue weighted by Gasteiger charge is 2.31. The van der Waals surface area contributed by atoms with Crippen LogP contribution in [0.15, 0.2) is 24.3 Å². The van der Waals surface area contributed by atoms with Crippen LogP contribution in [0.3, 0.4) is 0 Å². The Morgan fingerprint density at radius 3 is 2.58 bits per heavy atom. The third kappa shape index (κ3) is 2.86. The summed E-state index contributed by atoms with van der Waals surface area (Å²) < 4.78 is 0. The van der Waals surface area contributed by atoms with Gasteiger partial charge in [-0.1, -0.05) is 12.1 Å². The first kappa shape index (κ1) is 13.4. The number of hydrogen-bond donors (Lipinski definition) is 2. The summed E-state index contributed by atoms with van der Waals surface area (Å²) in [5.41, 5.74) is 0.943. The highest BCUT2D eigenvalue weighted by molar-refractivity contribution is 5.90. The molecule has 0 aromatic heterocycles. The van der Waals surface area contributed by atoms with Gasteiger partial charge in [0, 0.05) is 13.5 Å². The predicted molar refractivity (Wildman–Crippen MR) is 70.5 cm³/mol. The maximum Gasteiger partial charge on any atom is 0.245 e. The Balaban J connectivity index is 2.06. The first-order valence-corrected chi connectivity index (χ1v) is 6.34. The van der Waals surface area contributed by atoms with E-state index in [1.807, 2.05) is 6.92 Å². The molecule has 1 aliphatic rings. The second-order valence-corrected chi connectivity index (χ2v) is 4.88. The molecule has 0 spiro atoms. The number of amides is 2. The minimum absolute atomic E-state index is 0.0657. The van der Waals surface area contributed by atoms with Gasteiger partial charge in [-0.25, -0.2) is 0 Å². The monoisotopic (exact) mass is 262 g/mol. The molecule has 1 aliphatic heterocycles. The van der Waals surface area contributed by atoms with Gasteiger partial charge in [0.1, 0.15) is 11.8 Å². The quantitative estimate of drug-likeness (QED) is 0.859. The molecule has 1 heterocycles. The lowest BCUT2D eigenvalue weighted by Gasteiger charge is -2.27. The Labute approximate surface area is 112 Å².